The van der Waals surface area contributed by atoms with Gasteiger partial charge in [0.25, 0.3) is 15.9 Å². The zero-order valence-electron chi connectivity index (χ0n) is 16.3. The molecule has 0 saturated heterocycles. The fraction of sp³-hybridized carbons (Fsp3) is 0.316. The fourth-order valence-electron chi connectivity index (χ4n) is 2.50. The molecule has 1 amide bonds. The molecule has 158 valence electrons. The van der Waals surface area contributed by atoms with Crippen LogP contribution in [0, 0.1) is 0 Å². The van der Waals surface area contributed by atoms with Gasteiger partial charge in [-0.1, -0.05) is 0 Å². The number of carbonyl (C=O) groups excluding carboxylic acids is 1. The molecule has 0 aromatic heterocycles. The Balaban J connectivity index is 2.43. The molecule has 0 fully saturated rings. The van der Waals surface area contributed by atoms with Crippen LogP contribution in [-0.2, 0) is 10.0 Å². The smallest absolute Gasteiger partial charge is 0.263 e. The number of primary amides is 1. The van der Waals surface area contributed by atoms with Crippen LogP contribution in [0.2, 0.25) is 0 Å². The van der Waals surface area contributed by atoms with Gasteiger partial charge in [0.05, 0.1) is 24.0 Å². The maximum absolute atomic E-state index is 13.0. The highest BCUT2D eigenvalue weighted by Gasteiger charge is 2.24. The Morgan fingerprint density at radius 3 is 2.31 bits per heavy atom. The zero-order valence-corrected chi connectivity index (χ0v) is 17.2. The predicted molar refractivity (Wildman–Crippen MR) is 110 cm³/mol. The minimum Gasteiger partial charge on any atom is -0.507 e. The van der Waals surface area contributed by atoms with Gasteiger partial charge in [-0.25, -0.2) is 8.42 Å². The number of amides is 1. The van der Waals surface area contributed by atoms with E-state index >= 15 is 0 Å². The van der Waals surface area contributed by atoms with Crippen LogP contribution < -0.4 is 20.5 Å². The number of aliphatic hydroxyl groups is 1. The van der Waals surface area contributed by atoms with E-state index in [1.807, 2.05) is 13.8 Å². The zero-order chi connectivity index (χ0) is 21.8. The van der Waals surface area contributed by atoms with Gasteiger partial charge in [0, 0.05) is 17.8 Å². The van der Waals surface area contributed by atoms with Crippen molar-refractivity contribution in [3.05, 3.63) is 42.0 Å². The summed E-state index contributed by atoms with van der Waals surface area (Å²) in [5.74, 6) is -0.863. The second-order valence-corrected chi connectivity index (χ2v) is 8.41. The van der Waals surface area contributed by atoms with Gasteiger partial charge in [-0.15, -0.1) is 0 Å². The van der Waals surface area contributed by atoms with E-state index in [1.54, 1.807) is 19.1 Å². The van der Waals surface area contributed by atoms with Crippen LogP contribution in [-0.4, -0.2) is 43.3 Å². The maximum Gasteiger partial charge on any atom is 0.263 e. The average molecular weight is 423 g/mol. The lowest BCUT2D eigenvalue weighted by Crippen LogP contribution is -2.23. The molecule has 6 N–H and O–H groups in total. The number of carbonyl (C=O) groups is 1. The number of nitrogens with two attached hydrogens (primary N) is 1. The summed E-state index contributed by atoms with van der Waals surface area (Å²) in [4.78, 5) is 11.2. The molecule has 0 aliphatic rings. The molecule has 0 aliphatic heterocycles. The monoisotopic (exact) mass is 423 g/mol. The Bertz CT molecular complexity index is 974. The third kappa shape index (κ3) is 5.75. The number of anilines is 2. The largest absolute Gasteiger partial charge is 0.507 e. The van der Waals surface area contributed by atoms with Crippen molar-refractivity contribution in [2.45, 2.75) is 37.8 Å². The SMILES string of the molecule is CC(CO)Nc1cc(O)c(C(N)=O)cc1S(=O)(=O)Nc1ccc(OC(C)C)cc1. The van der Waals surface area contributed by atoms with Crippen molar-refractivity contribution in [2.24, 2.45) is 5.73 Å². The second-order valence-electron chi connectivity index (χ2n) is 6.75. The molecular formula is C19H25N3O6S. The van der Waals surface area contributed by atoms with Gasteiger partial charge in [0.15, 0.2) is 0 Å². The Morgan fingerprint density at radius 1 is 1.17 bits per heavy atom. The molecule has 9 nitrogen and oxygen atoms in total. The Morgan fingerprint density at radius 2 is 1.79 bits per heavy atom. The highest BCUT2D eigenvalue weighted by atomic mass is 32.2. The van der Waals surface area contributed by atoms with E-state index in [0.29, 0.717) is 5.75 Å². The molecule has 2 aromatic rings. The number of nitrogens with one attached hydrogen (secondary N) is 2. The summed E-state index contributed by atoms with van der Waals surface area (Å²) in [5, 5.41) is 22.0. The number of aliphatic hydroxyl groups excluding tert-OH is 1. The second kappa shape index (κ2) is 9.01. The highest BCUT2D eigenvalue weighted by molar-refractivity contribution is 7.92. The predicted octanol–water partition coefficient (Wildman–Crippen LogP) is 1.87. The Kier molecular flexibility index (Phi) is 6.93. The number of ether oxygens (including phenoxy) is 1. The van der Waals surface area contributed by atoms with Crippen molar-refractivity contribution >= 4 is 27.3 Å². The number of sulfonamides is 1. The van der Waals surface area contributed by atoms with E-state index in [0.717, 1.165) is 12.1 Å². The topological polar surface area (TPSA) is 151 Å². The summed E-state index contributed by atoms with van der Waals surface area (Å²) >= 11 is 0. The molecule has 0 spiro atoms. The number of rotatable bonds is 9. The first-order chi connectivity index (χ1) is 13.5. The minimum atomic E-state index is -4.16. The molecule has 0 bridgehead atoms. The van der Waals surface area contributed by atoms with E-state index < -0.39 is 27.7 Å². The van der Waals surface area contributed by atoms with Gasteiger partial charge in [-0.3, -0.25) is 9.52 Å². The molecular weight excluding hydrogens is 398 g/mol. The van der Waals surface area contributed by atoms with Gasteiger partial charge < -0.3 is 26.0 Å². The molecule has 10 heteroatoms. The van der Waals surface area contributed by atoms with Crippen LogP contribution in [0.25, 0.3) is 0 Å². The highest BCUT2D eigenvalue weighted by Crippen LogP contribution is 2.31. The molecule has 0 saturated carbocycles. The number of hydrogen-bond donors (Lipinski definition) is 5. The third-order valence-electron chi connectivity index (χ3n) is 3.81. The molecule has 1 atom stereocenters. The van der Waals surface area contributed by atoms with Crippen LogP contribution in [0.3, 0.4) is 0 Å². The first-order valence-corrected chi connectivity index (χ1v) is 10.4. The summed E-state index contributed by atoms with van der Waals surface area (Å²) in [5.41, 5.74) is 5.17. The Hall–Kier alpha value is -2.98. The van der Waals surface area contributed by atoms with Crippen molar-refractivity contribution in [1.29, 1.82) is 0 Å². The lowest BCUT2D eigenvalue weighted by atomic mass is 10.1. The van der Waals surface area contributed by atoms with Crippen molar-refractivity contribution in [3.8, 4) is 11.5 Å². The molecule has 0 aliphatic carbocycles. The molecule has 2 aromatic carbocycles. The minimum absolute atomic E-state index is 0.0151. The summed E-state index contributed by atoms with van der Waals surface area (Å²) in [6, 6.07) is 7.88. The van der Waals surface area contributed by atoms with Gasteiger partial charge >= 0.3 is 0 Å². The van der Waals surface area contributed by atoms with Gasteiger partial charge in [0.1, 0.15) is 16.4 Å². The van der Waals surface area contributed by atoms with Crippen LogP contribution in [0.15, 0.2) is 41.3 Å². The standard InChI is InChI=1S/C19H25N3O6S/c1-11(2)28-14-6-4-13(5-7-14)22-29(26,27)18-8-15(19(20)25)17(24)9-16(18)21-12(3)10-23/h4-9,11-12,21-24H,10H2,1-3H3,(H2,20,25). The van der Waals surface area contributed by atoms with Crippen molar-refractivity contribution in [1.82, 2.24) is 0 Å². The summed E-state index contributed by atoms with van der Waals surface area (Å²) in [6.45, 7) is 5.10. The van der Waals surface area contributed by atoms with E-state index in [9.17, 15) is 23.4 Å². The van der Waals surface area contributed by atoms with Crippen LogP contribution in [0.5, 0.6) is 11.5 Å². The fourth-order valence-corrected chi connectivity index (χ4v) is 3.73. The van der Waals surface area contributed by atoms with E-state index in [2.05, 4.69) is 10.0 Å². The molecule has 2 rings (SSSR count). The summed E-state index contributed by atoms with van der Waals surface area (Å²) in [6.07, 6.45) is -0.0242. The van der Waals surface area contributed by atoms with Crippen LogP contribution in [0.1, 0.15) is 31.1 Å². The van der Waals surface area contributed by atoms with E-state index in [4.69, 9.17) is 10.5 Å². The van der Waals surface area contributed by atoms with Crippen LogP contribution in [0.4, 0.5) is 11.4 Å². The number of aromatic hydroxyl groups is 1. The first kappa shape index (κ1) is 22.3. The van der Waals surface area contributed by atoms with E-state index in [-0.39, 0.29) is 34.5 Å². The van der Waals surface area contributed by atoms with E-state index in [1.165, 1.54) is 12.1 Å². The number of benzene rings is 2. The molecule has 29 heavy (non-hydrogen) atoms. The Labute approximate surface area is 169 Å². The van der Waals surface area contributed by atoms with Gasteiger partial charge in [-0.2, -0.15) is 0 Å². The molecule has 0 radical (unpaired) electrons. The third-order valence-corrected chi connectivity index (χ3v) is 5.23. The lowest BCUT2D eigenvalue weighted by molar-refractivity contribution is 0.0997. The van der Waals surface area contributed by atoms with Crippen molar-refractivity contribution < 1.29 is 28.2 Å². The number of phenols is 1. The molecule has 1 unspecified atom stereocenters. The quantitative estimate of drug-likeness (QED) is 0.413. The lowest BCUT2D eigenvalue weighted by Gasteiger charge is -2.18. The van der Waals surface area contributed by atoms with Crippen molar-refractivity contribution in [3.63, 3.8) is 0 Å². The number of hydrogen-bond acceptors (Lipinski definition) is 7. The summed E-state index contributed by atoms with van der Waals surface area (Å²) < 4.78 is 33.9. The maximum atomic E-state index is 13.0. The van der Waals surface area contributed by atoms with Gasteiger partial charge in [0.2, 0.25) is 0 Å². The first-order valence-electron chi connectivity index (χ1n) is 8.87. The van der Waals surface area contributed by atoms with Crippen molar-refractivity contribution in [2.75, 3.05) is 16.6 Å². The molecule has 0 heterocycles. The normalized spacial score (nSPS) is 12.4. The average Bonchev–Trinajstić information content (AvgIpc) is 2.62. The van der Waals surface area contributed by atoms with Crippen LogP contribution >= 0.6 is 0 Å². The summed E-state index contributed by atoms with van der Waals surface area (Å²) in [7, 11) is -4.16. The van der Waals surface area contributed by atoms with Gasteiger partial charge in [-0.05, 0) is 51.1 Å².